The van der Waals surface area contributed by atoms with E-state index in [9.17, 15) is 9.18 Å². The summed E-state index contributed by atoms with van der Waals surface area (Å²) in [7, 11) is 0. The number of benzene rings is 1. The lowest BCUT2D eigenvalue weighted by molar-refractivity contribution is 0.100. The number of carbonyl (C=O) groups is 1. The van der Waals surface area contributed by atoms with Crippen LogP contribution in [0.3, 0.4) is 0 Å². The van der Waals surface area contributed by atoms with Gasteiger partial charge in [0.15, 0.2) is 0 Å². The number of hydrogen-bond donors (Lipinski definition) is 2. The SMILES string of the molecule is Cc1ccnc2c(C(N)=O)cn(Cc3ccc(F)cc3)c12.OC1CCCCC1. The van der Waals surface area contributed by atoms with Crippen molar-refractivity contribution in [1.29, 1.82) is 0 Å². The second-order valence-corrected chi connectivity index (χ2v) is 7.28. The molecule has 2 heterocycles. The van der Waals surface area contributed by atoms with E-state index in [0.717, 1.165) is 29.5 Å². The predicted octanol–water partition coefficient (Wildman–Crippen LogP) is 3.94. The number of nitrogens with zero attached hydrogens (tertiary/aromatic N) is 2. The Morgan fingerprint density at radius 2 is 1.89 bits per heavy atom. The van der Waals surface area contributed by atoms with E-state index in [1.54, 1.807) is 24.5 Å². The number of pyridine rings is 1. The Morgan fingerprint density at radius 1 is 1.21 bits per heavy atom. The molecule has 148 valence electrons. The standard InChI is InChI=1S/C16H14FN3O.C6H12O/c1-10-6-7-19-14-13(16(18)21)9-20(15(10)14)8-11-2-4-12(17)5-3-11;7-6-4-2-1-3-5-6/h2-7,9H,8H2,1H3,(H2,18,21);6-7H,1-5H2. The van der Waals surface area contributed by atoms with Gasteiger partial charge in [0.2, 0.25) is 0 Å². The summed E-state index contributed by atoms with van der Waals surface area (Å²) in [5.74, 6) is -0.775. The third kappa shape index (κ3) is 4.75. The minimum Gasteiger partial charge on any atom is -0.393 e. The van der Waals surface area contributed by atoms with Crippen molar-refractivity contribution in [2.45, 2.75) is 51.7 Å². The van der Waals surface area contributed by atoms with Crippen molar-refractivity contribution in [1.82, 2.24) is 9.55 Å². The number of amides is 1. The molecule has 1 aliphatic carbocycles. The van der Waals surface area contributed by atoms with E-state index in [0.29, 0.717) is 17.6 Å². The molecule has 3 N–H and O–H groups in total. The fourth-order valence-electron chi connectivity index (χ4n) is 3.56. The minimum absolute atomic E-state index is 0.0359. The average Bonchev–Trinajstić information content (AvgIpc) is 3.05. The highest BCUT2D eigenvalue weighted by molar-refractivity contribution is 6.05. The van der Waals surface area contributed by atoms with Crippen LogP contribution in [0.15, 0.2) is 42.7 Å². The first kappa shape index (κ1) is 20.0. The van der Waals surface area contributed by atoms with E-state index >= 15 is 0 Å². The molecule has 0 radical (unpaired) electrons. The molecule has 4 rings (SSSR count). The molecule has 2 aromatic heterocycles. The van der Waals surface area contributed by atoms with Crippen LogP contribution < -0.4 is 5.73 Å². The molecule has 0 atom stereocenters. The molecular weight excluding hydrogens is 357 g/mol. The number of hydrogen-bond acceptors (Lipinski definition) is 3. The second kappa shape index (κ2) is 8.97. The highest BCUT2D eigenvalue weighted by Crippen LogP contribution is 2.23. The molecule has 0 bridgehead atoms. The van der Waals surface area contributed by atoms with E-state index in [2.05, 4.69) is 4.98 Å². The van der Waals surface area contributed by atoms with Crippen LogP contribution in [-0.4, -0.2) is 26.7 Å². The Morgan fingerprint density at radius 3 is 2.46 bits per heavy atom. The van der Waals surface area contributed by atoms with Crippen LogP contribution in [0.4, 0.5) is 4.39 Å². The van der Waals surface area contributed by atoms with Crippen LogP contribution in [0.5, 0.6) is 0 Å². The van der Waals surface area contributed by atoms with Crippen LogP contribution in [0.25, 0.3) is 11.0 Å². The highest BCUT2D eigenvalue weighted by Gasteiger charge is 2.15. The summed E-state index contributed by atoms with van der Waals surface area (Å²) >= 11 is 0. The van der Waals surface area contributed by atoms with Gasteiger partial charge in [-0.05, 0) is 49.1 Å². The number of halogens is 1. The number of aryl methyl sites for hydroxylation is 1. The van der Waals surface area contributed by atoms with Gasteiger partial charge in [0.05, 0.1) is 17.2 Å². The van der Waals surface area contributed by atoms with Gasteiger partial charge in [-0.1, -0.05) is 31.4 Å². The molecule has 0 spiro atoms. The summed E-state index contributed by atoms with van der Waals surface area (Å²) in [6, 6.07) is 8.16. The van der Waals surface area contributed by atoms with E-state index in [-0.39, 0.29) is 11.9 Å². The lowest BCUT2D eigenvalue weighted by Crippen LogP contribution is -2.10. The molecule has 3 aromatic rings. The van der Waals surface area contributed by atoms with Gasteiger partial charge in [-0.25, -0.2) is 4.39 Å². The van der Waals surface area contributed by atoms with Crippen molar-refractivity contribution in [2.24, 2.45) is 5.73 Å². The molecule has 1 fully saturated rings. The summed E-state index contributed by atoms with van der Waals surface area (Å²) in [4.78, 5) is 15.8. The summed E-state index contributed by atoms with van der Waals surface area (Å²) < 4.78 is 14.9. The predicted molar refractivity (Wildman–Crippen MR) is 108 cm³/mol. The molecule has 1 aromatic carbocycles. The monoisotopic (exact) mass is 383 g/mol. The van der Waals surface area contributed by atoms with Crippen LogP contribution in [0.1, 0.15) is 53.6 Å². The van der Waals surface area contributed by atoms with Gasteiger partial charge in [-0.15, -0.1) is 0 Å². The maximum Gasteiger partial charge on any atom is 0.252 e. The molecule has 0 aliphatic heterocycles. The summed E-state index contributed by atoms with van der Waals surface area (Å²) in [6.07, 6.45) is 9.29. The Balaban J connectivity index is 0.000000271. The fourth-order valence-corrected chi connectivity index (χ4v) is 3.56. The molecule has 0 saturated heterocycles. The number of rotatable bonds is 3. The maximum absolute atomic E-state index is 13.0. The topological polar surface area (TPSA) is 81.1 Å². The van der Waals surface area contributed by atoms with Gasteiger partial charge in [-0.2, -0.15) is 0 Å². The molecule has 1 saturated carbocycles. The van der Waals surface area contributed by atoms with E-state index in [4.69, 9.17) is 10.8 Å². The van der Waals surface area contributed by atoms with Gasteiger partial charge in [0.25, 0.3) is 5.91 Å². The average molecular weight is 383 g/mol. The van der Waals surface area contributed by atoms with Gasteiger partial charge in [0.1, 0.15) is 11.3 Å². The van der Waals surface area contributed by atoms with Crippen LogP contribution in [0, 0.1) is 12.7 Å². The first-order valence-electron chi connectivity index (χ1n) is 9.62. The normalized spacial score (nSPS) is 14.5. The first-order valence-corrected chi connectivity index (χ1v) is 9.62. The van der Waals surface area contributed by atoms with Gasteiger partial charge >= 0.3 is 0 Å². The Labute approximate surface area is 164 Å². The van der Waals surface area contributed by atoms with E-state index in [1.165, 1.54) is 31.4 Å². The minimum atomic E-state index is -0.504. The zero-order valence-electron chi connectivity index (χ0n) is 16.1. The number of carbonyl (C=O) groups excluding carboxylic acids is 1. The van der Waals surface area contributed by atoms with Crippen LogP contribution in [-0.2, 0) is 6.54 Å². The van der Waals surface area contributed by atoms with E-state index < -0.39 is 5.91 Å². The number of nitrogens with two attached hydrogens (primary N) is 1. The summed E-state index contributed by atoms with van der Waals surface area (Å²) in [5, 5.41) is 8.91. The van der Waals surface area contributed by atoms with Crippen LogP contribution in [0.2, 0.25) is 0 Å². The number of aromatic nitrogens is 2. The number of aliphatic hydroxyl groups excluding tert-OH is 1. The number of fused-ring (bicyclic) bond motifs is 1. The van der Waals surface area contributed by atoms with Gasteiger partial charge < -0.3 is 15.4 Å². The Kier molecular flexibility index (Phi) is 6.41. The van der Waals surface area contributed by atoms with Crippen molar-refractivity contribution in [3.05, 3.63) is 65.2 Å². The molecule has 28 heavy (non-hydrogen) atoms. The van der Waals surface area contributed by atoms with Crippen molar-refractivity contribution in [3.63, 3.8) is 0 Å². The Hall–Kier alpha value is -2.73. The third-order valence-electron chi connectivity index (χ3n) is 5.06. The fraction of sp³-hybridized carbons (Fsp3) is 0.364. The molecule has 5 nitrogen and oxygen atoms in total. The molecule has 0 unspecified atom stereocenters. The third-order valence-corrected chi connectivity index (χ3v) is 5.06. The van der Waals surface area contributed by atoms with E-state index in [1.807, 2.05) is 17.6 Å². The number of aliphatic hydroxyl groups is 1. The van der Waals surface area contributed by atoms with Crippen molar-refractivity contribution in [3.8, 4) is 0 Å². The lowest BCUT2D eigenvalue weighted by atomic mass is 9.98. The highest BCUT2D eigenvalue weighted by atomic mass is 19.1. The zero-order valence-corrected chi connectivity index (χ0v) is 16.1. The second-order valence-electron chi connectivity index (χ2n) is 7.28. The van der Waals surface area contributed by atoms with Gasteiger partial charge in [-0.3, -0.25) is 9.78 Å². The summed E-state index contributed by atoms with van der Waals surface area (Å²) in [5.41, 5.74) is 9.23. The molecule has 1 aliphatic rings. The zero-order chi connectivity index (χ0) is 20.1. The molecule has 6 heteroatoms. The lowest BCUT2D eigenvalue weighted by Gasteiger charge is -2.14. The van der Waals surface area contributed by atoms with Crippen molar-refractivity contribution in [2.75, 3.05) is 0 Å². The smallest absolute Gasteiger partial charge is 0.252 e. The van der Waals surface area contributed by atoms with Crippen molar-refractivity contribution < 1.29 is 14.3 Å². The molecular formula is C22H26FN3O2. The molecule has 1 amide bonds. The van der Waals surface area contributed by atoms with Crippen molar-refractivity contribution >= 4 is 16.9 Å². The van der Waals surface area contributed by atoms with Gasteiger partial charge in [0, 0.05) is 18.9 Å². The van der Waals surface area contributed by atoms with Crippen LogP contribution >= 0.6 is 0 Å². The Bertz CT molecular complexity index is 944. The summed E-state index contributed by atoms with van der Waals surface area (Å²) in [6.45, 7) is 2.48. The maximum atomic E-state index is 13.0. The number of primary amides is 1. The first-order chi connectivity index (χ1) is 13.5. The quantitative estimate of drug-likeness (QED) is 0.719. The largest absolute Gasteiger partial charge is 0.393 e.